The van der Waals surface area contributed by atoms with Crippen LogP contribution in [-0.2, 0) is 17.3 Å². The fraction of sp³-hybridized carbons (Fsp3) is 0.455. The highest BCUT2D eigenvalue weighted by molar-refractivity contribution is 9.10. The van der Waals surface area contributed by atoms with E-state index in [1.54, 1.807) is 12.5 Å². The van der Waals surface area contributed by atoms with Crippen molar-refractivity contribution < 1.29 is 4.21 Å². The second-order valence-electron chi connectivity index (χ2n) is 4.21. The first kappa shape index (κ1) is 13.6. The Hall–Kier alpha value is -0.790. The monoisotopic (exact) mass is 330 g/mol. The summed E-state index contributed by atoms with van der Waals surface area (Å²) in [6, 6.07) is 0.215. The summed E-state index contributed by atoms with van der Waals surface area (Å²) in [5.74, 6) is 0.655. The lowest BCUT2D eigenvalue weighted by Crippen LogP contribution is -2.30. The minimum Gasteiger partial charge on any atom is -0.308 e. The number of hydrogen-bond donors (Lipinski definition) is 1. The van der Waals surface area contributed by atoms with E-state index in [1.807, 2.05) is 23.7 Å². The molecule has 0 aliphatic rings. The standard InChI is InChI=1S/C11H15BrN4OS/c1-8(7-18(2)17)13-3-9-4-15-11-5-14-10(12)6-16(9)11/h4-6,8,13H,3,7H2,1-2H3. The Morgan fingerprint density at radius 2 is 2.28 bits per heavy atom. The molecule has 2 atom stereocenters. The topological polar surface area (TPSA) is 59.3 Å². The van der Waals surface area contributed by atoms with Crippen LogP contribution in [0, 0.1) is 0 Å². The Balaban J connectivity index is 2.07. The third kappa shape index (κ3) is 3.37. The number of fused-ring (bicyclic) bond motifs is 1. The molecule has 1 N–H and O–H groups in total. The van der Waals surface area contributed by atoms with Crippen LogP contribution in [0.5, 0.6) is 0 Å². The quantitative estimate of drug-likeness (QED) is 0.899. The van der Waals surface area contributed by atoms with Gasteiger partial charge in [-0.3, -0.25) is 8.61 Å². The van der Waals surface area contributed by atoms with E-state index in [0.29, 0.717) is 12.3 Å². The van der Waals surface area contributed by atoms with Crippen LogP contribution in [0.15, 0.2) is 23.2 Å². The van der Waals surface area contributed by atoms with Crippen molar-refractivity contribution in [2.24, 2.45) is 0 Å². The van der Waals surface area contributed by atoms with Crippen molar-refractivity contribution in [3.8, 4) is 0 Å². The second-order valence-corrected chi connectivity index (χ2v) is 6.50. The molecule has 2 heterocycles. The van der Waals surface area contributed by atoms with Crippen molar-refractivity contribution in [1.82, 2.24) is 19.7 Å². The van der Waals surface area contributed by atoms with Gasteiger partial charge >= 0.3 is 0 Å². The van der Waals surface area contributed by atoms with Gasteiger partial charge in [0, 0.05) is 41.6 Å². The molecule has 0 bridgehead atoms. The van der Waals surface area contributed by atoms with Gasteiger partial charge in [-0.15, -0.1) is 0 Å². The number of hydrogen-bond acceptors (Lipinski definition) is 4. The molecule has 0 amide bonds. The SMILES string of the molecule is CC(CS(C)=O)NCc1cnc2cnc(Br)cn12. The molecule has 0 saturated heterocycles. The fourth-order valence-electron chi connectivity index (χ4n) is 1.74. The number of nitrogens with one attached hydrogen (secondary N) is 1. The Kier molecular flexibility index (Phi) is 4.47. The Labute approximate surface area is 117 Å². The van der Waals surface area contributed by atoms with Gasteiger partial charge in [0.2, 0.25) is 0 Å². The van der Waals surface area contributed by atoms with E-state index < -0.39 is 10.8 Å². The van der Waals surface area contributed by atoms with Gasteiger partial charge in [-0.2, -0.15) is 0 Å². The summed E-state index contributed by atoms with van der Waals surface area (Å²) in [7, 11) is -0.777. The molecule has 0 saturated carbocycles. The van der Waals surface area contributed by atoms with Crippen LogP contribution in [0.3, 0.4) is 0 Å². The second kappa shape index (κ2) is 5.90. The van der Waals surface area contributed by atoms with Gasteiger partial charge in [-0.25, -0.2) is 9.97 Å². The van der Waals surface area contributed by atoms with Crippen LogP contribution in [0.1, 0.15) is 12.6 Å². The first-order valence-electron chi connectivity index (χ1n) is 5.57. The van der Waals surface area contributed by atoms with E-state index in [9.17, 15) is 4.21 Å². The largest absolute Gasteiger partial charge is 0.308 e. The predicted octanol–water partition coefficient (Wildman–Crippen LogP) is 1.35. The first-order valence-corrected chi connectivity index (χ1v) is 8.09. The normalized spacial score (nSPS) is 14.8. The maximum absolute atomic E-state index is 11.1. The summed E-state index contributed by atoms with van der Waals surface area (Å²) >= 11 is 3.34. The number of aromatic nitrogens is 3. The zero-order valence-electron chi connectivity index (χ0n) is 10.3. The molecule has 2 rings (SSSR count). The van der Waals surface area contributed by atoms with Crippen molar-refractivity contribution in [3.63, 3.8) is 0 Å². The van der Waals surface area contributed by atoms with Gasteiger partial charge in [0.05, 0.1) is 18.1 Å². The van der Waals surface area contributed by atoms with Gasteiger partial charge < -0.3 is 5.32 Å². The van der Waals surface area contributed by atoms with Gasteiger partial charge in [-0.05, 0) is 22.9 Å². The fourth-order valence-corrected chi connectivity index (χ4v) is 2.87. The van der Waals surface area contributed by atoms with E-state index in [1.165, 1.54) is 0 Å². The van der Waals surface area contributed by atoms with E-state index in [-0.39, 0.29) is 6.04 Å². The molecule has 0 radical (unpaired) electrons. The van der Waals surface area contributed by atoms with Crippen LogP contribution in [-0.4, -0.2) is 36.6 Å². The molecule has 0 aromatic carbocycles. The Bertz CT molecular complexity index is 571. The maximum Gasteiger partial charge on any atom is 0.155 e. The summed E-state index contributed by atoms with van der Waals surface area (Å²) in [4.78, 5) is 8.41. The first-order chi connectivity index (χ1) is 8.56. The molecule has 2 aromatic rings. The molecule has 0 fully saturated rings. The molecule has 2 aromatic heterocycles. The minimum absolute atomic E-state index is 0.215. The van der Waals surface area contributed by atoms with Gasteiger partial charge in [0.25, 0.3) is 0 Å². The van der Waals surface area contributed by atoms with Gasteiger partial charge in [0.15, 0.2) is 5.65 Å². The maximum atomic E-state index is 11.1. The molecule has 0 aliphatic carbocycles. The molecule has 18 heavy (non-hydrogen) atoms. The average Bonchev–Trinajstić information content (AvgIpc) is 2.68. The molecule has 2 unspecified atom stereocenters. The van der Waals surface area contributed by atoms with E-state index in [0.717, 1.165) is 15.9 Å². The highest BCUT2D eigenvalue weighted by atomic mass is 79.9. The third-order valence-electron chi connectivity index (χ3n) is 2.56. The summed E-state index contributed by atoms with van der Waals surface area (Å²) in [6.07, 6.45) is 7.15. The molecule has 98 valence electrons. The van der Waals surface area contributed by atoms with E-state index in [2.05, 4.69) is 31.2 Å². The summed E-state index contributed by atoms with van der Waals surface area (Å²) in [6.45, 7) is 2.72. The van der Waals surface area contributed by atoms with Crippen LogP contribution in [0.4, 0.5) is 0 Å². The zero-order valence-corrected chi connectivity index (χ0v) is 12.7. The van der Waals surface area contributed by atoms with Crippen LogP contribution in [0.2, 0.25) is 0 Å². The molecular weight excluding hydrogens is 316 g/mol. The summed E-state index contributed by atoms with van der Waals surface area (Å²) in [5.41, 5.74) is 1.88. The predicted molar refractivity (Wildman–Crippen MR) is 75.9 cm³/mol. The lowest BCUT2D eigenvalue weighted by atomic mass is 10.3. The lowest BCUT2D eigenvalue weighted by Gasteiger charge is -2.11. The van der Waals surface area contributed by atoms with Crippen molar-refractivity contribution in [3.05, 3.63) is 28.9 Å². The third-order valence-corrected chi connectivity index (χ3v) is 3.94. The Morgan fingerprint density at radius 1 is 1.50 bits per heavy atom. The summed E-state index contributed by atoms with van der Waals surface area (Å²) in [5, 5.41) is 3.34. The number of imidazole rings is 1. The van der Waals surface area contributed by atoms with Crippen molar-refractivity contribution in [2.75, 3.05) is 12.0 Å². The highest BCUT2D eigenvalue weighted by Crippen LogP contribution is 2.10. The number of halogens is 1. The van der Waals surface area contributed by atoms with Crippen LogP contribution >= 0.6 is 15.9 Å². The minimum atomic E-state index is -0.777. The van der Waals surface area contributed by atoms with Crippen molar-refractivity contribution >= 4 is 32.4 Å². The number of nitrogens with zero attached hydrogens (tertiary/aromatic N) is 3. The molecule has 0 spiro atoms. The van der Waals surface area contributed by atoms with Gasteiger partial charge in [-0.1, -0.05) is 0 Å². The van der Waals surface area contributed by atoms with E-state index >= 15 is 0 Å². The molecule has 0 aliphatic heterocycles. The molecule has 5 nitrogen and oxygen atoms in total. The molecular formula is C11H15BrN4OS. The lowest BCUT2D eigenvalue weighted by molar-refractivity contribution is 0.578. The highest BCUT2D eigenvalue weighted by Gasteiger charge is 2.07. The zero-order chi connectivity index (χ0) is 13.1. The summed E-state index contributed by atoms with van der Waals surface area (Å²) < 4.78 is 13.9. The van der Waals surface area contributed by atoms with Crippen LogP contribution < -0.4 is 5.32 Å². The van der Waals surface area contributed by atoms with E-state index in [4.69, 9.17) is 0 Å². The van der Waals surface area contributed by atoms with Crippen LogP contribution in [0.25, 0.3) is 5.65 Å². The number of rotatable bonds is 5. The molecule has 7 heteroatoms. The smallest absolute Gasteiger partial charge is 0.155 e. The van der Waals surface area contributed by atoms with Crippen molar-refractivity contribution in [1.29, 1.82) is 0 Å². The van der Waals surface area contributed by atoms with Crippen molar-refractivity contribution in [2.45, 2.75) is 19.5 Å². The van der Waals surface area contributed by atoms with Gasteiger partial charge in [0.1, 0.15) is 4.60 Å². The Morgan fingerprint density at radius 3 is 3.00 bits per heavy atom. The average molecular weight is 331 g/mol.